The predicted octanol–water partition coefficient (Wildman–Crippen LogP) is 7.54. The highest BCUT2D eigenvalue weighted by atomic mass is 16.4. The molecule has 0 fully saturated rings. The standard InChI is InChI=1S/C18H32O2.C6H12O2/c1-2-3-4-5-6-7-8-9-10-11-12-13-14-15-16-17-18(19)20;1-2-3-4-5-6(7)8/h6-7,9-10H,2-5,8,11-17H2,1H3,(H,19,20);2-5H2,1H3,(H,7,8)/b7-6-,10-9-;. The van der Waals surface area contributed by atoms with Crippen LogP contribution >= 0.6 is 0 Å². The van der Waals surface area contributed by atoms with Crippen LogP contribution < -0.4 is 0 Å². The lowest BCUT2D eigenvalue weighted by Gasteiger charge is -1.98. The first kappa shape index (κ1) is 28.6. The molecule has 0 aromatic rings. The molecule has 0 radical (unpaired) electrons. The summed E-state index contributed by atoms with van der Waals surface area (Å²) in [6, 6.07) is 0. The number of hydrogen-bond acceptors (Lipinski definition) is 2. The first-order chi connectivity index (χ1) is 13.5. The van der Waals surface area contributed by atoms with Crippen molar-refractivity contribution in [1.29, 1.82) is 0 Å². The Labute approximate surface area is 173 Å². The molecule has 0 rings (SSSR count). The van der Waals surface area contributed by atoms with Crippen LogP contribution in [0.15, 0.2) is 24.3 Å². The minimum Gasteiger partial charge on any atom is -0.481 e. The van der Waals surface area contributed by atoms with Gasteiger partial charge in [-0.05, 0) is 44.9 Å². The molecule has 4 heteroatoms. The molecule has 0 heterocycles. The molecule has 0 spiro atoms. The van der Waals surface area contributed by atoms with Crippen LogP contribution in [-0.4, -0.2) is 22.2 Å². The summed E-state index contributed by atoms with van der Waals surface area (Å²) in [5.74, 6) is -1.35. The topological polar surface area (TPSA) is 74.6 Å². The molecule has 0 bridgehead atoms. The third-order valence-electron chi connectivity index (χ3n) is 4.34. The van der Waals surface area contributed by atoms with Crippen molar-refractivity contribution in [3.8, 4) is 0 Å². The molecule has 0 unspecified atom stereocenters. The summed E-state index contributed by atoms with van der Waals surface area (Å²) in [5, 5.41) is 16.6. The summed E-state index contributed by atoms with van der Waals surface area (Å²) in [7, 11) is 0. The number of carbonyl (C=O) groups is 2. The van der Waals surface area contributed by atoms with Crippen molar-refractivity contribution in [2.75, 3.05) is 0 Å². The van der Waals surface area contributed by atoms with Gasteiger partial charge in [-0.15, -0.1) is 0 Å². The van der Waals surface area contributed by atoms with Crippen LogP contribution in [-0.2, 0) is 9.59 Å². The fourth-order valence-electron chi connectivity index (χ4n) is 2.61. The van der Waals surface area contributed by atoms with Crippen molar-refractivity contribution < 1.29 is 19.8 Å². The molecule has 0 aliphatic carbocycles. The molecule has 0 aliphatic heterocycles. The molecule has 0 amide bonds. The molecule has 0 aliphatic rings. The molecule has 0 saturated heterocycles. The quantitative estimate of drug-likeness (QED) is 0.185. The van der Waals surface area contributed by atoms with Gasteiger partial charge >= 0.3 is 11.9 Å². The molecule has 28 heavy (non-hydrogen) atoms. The first-order valence-corrected chi connectivity index (χ1v) is 11.3. The monoisotopic (exact) mass is 396 g/mol. The second-order valence-corrected chi connectivity index (χ2v) is 7.23. The highest BCUT2D eigenvalue weighted by molar-refractivity contribution is 5.66. The van der Waals surface area contributed by atoms with E-state index in [1.54, 1.807) is 0 Å². The van der Waals surface area contributed by atoms with Crippen molar-refractivity contribution in [3.05, 3.63) is 24.3 Å². The number of unbranched alkanes of at least 4 members (excludes halogenated alkanes) is 10. The Kier molecular flexibility index (Phi) is 26.0. The van der Waals surface area contributed by atoms with Gasteiger partial charge in [0, 0.05) is 12.8 Å². The SMILES string of the molecule is CCCCC/C=C\C/C=C\CCCCCCCC(=O)O.CCCCCC(=O)O. The maximum absolute atomic E-state index is 10.3. The van der Waals surface area contributed by atoms with E-state index >= 15 is 0 Å². The predicted molar refractivity (Wildman–Crippen MR) is 119 cm³/mol. The van der Waals surface area contributed by atoms with Gasteiger partial charge in [-0.25, -0.2) is 0 Å². The largest absolute Gasteiger partial charge is 0.481 e. The normalized spacial score (nSPS) is 10.9. The molecular weight excluding hydrogens is 352 g/mol. The zero-order chi connectivity index (χ0) is 21.3. The highest BCUT2D eigenvalue weighted by Crippen LogP contribution is 2.08. The average molecular weight is 397 g/mol. The second kappa shape index (κ2) is 25.4. The number of carboxylic acids is 2. The van der Waals surface area contributed by atoms with Crippen LogP contribution in [0.5, 0.6) is 0 Å². The van der Waals surface area contributed by atoms with Gasteiger partial charge in [0.1, 0.15) is 0 Å². The molecule has 0 saturated carbocycles. The van der Waals surface area contributed by atoms with Crippen molar-refractivity contribution in [2.24, 2.45) is 0 Å². The first-order valence-electron chi connectivity index (χ1n) is 11.3. The van der Waals surface area contributed by atoms with E-state index in [0.717, 1.165) is 44.9 Å². The molecular formula is C24H44O4. The molecule has 164 valence electrons. The Morgan fingerprint density at radius 2 is 0.964 bits per heavy atom. The summed E-state index contributed by atoms with van der Waals surface area (Å²) in [6.45, 7) is 4.29. The number of hydrogen-bond donors (Lipinski definition) is 2. The summed E-state index contributed by atoms with van der Waals surface area (Å²) in [6.07, 6.45) is 25.6. The van der Waals surface area contributed by atoms with Crippen LogP contribution in [0.4, 0.5) is 0 Å². The zero-order valence-electron chi connectivity index (χ0n) is 18.3. The van der Waals surface area contributed by atoms with E-state index in [1.165, 1.54) is 44.9 Å². The van der Waals surface area contributed by atoms with Crippen LogP contribution in [0.1, 0.15) is 117 Å². The molecule has 4 nitrogen and oxygen atoms in total. The Balaban J connectivity index is 0. The van der Waals surface area contributed by atoms with Gasteiger partial charge in [-0.2, -0.15) is 0 Å². The van der Waals surface area contributed by atoms with Crippen LogP contribution in [0, 0.1) is 0 Å². The van der Waals surface area contributed by atoms with Crippen LogP contribution in [0.3, 0.4) is 0 Å². The molecule has 0 aromatic carbocycles. The van der Waals surface area contributed by atoms with Crippen molar-refractivity contribution in [2.45, 2.75) is 117 Å². The highest BCUT2D eigenvalue weighted by Gasteiger charge is 1.95. The van der Waals surface area contributed by atoms with Crippen LogP contribution in [0.25, 0.3) is 0 Å². The van der Waals surface area contributed by atoms with Gasteiger partial charge in [0.2, 0.25) is 0 Å². The fourth-order valence-corrected chi connectivity index (χ4v) is 2.61. The number of aliphatic carboxylic acids is 2. The Hall–Kier alpha value is -1.58. The lowest BCUT2D eigenvalue weighted by Crippen LogP contribution is -1.93. The third kappa shape index (κ3) is 32.1. The fraction of sp³-hybridized carbons (Fsp3) is 0.750. The van der Waals surface area contributed by atoms with Gasteiger partial charge in [-0.1, -0.05) is 83.1 Å². The molecule has 2 N–H and O–H groups in total. The van der Waals surface area contributed by atoms with Crippen molar-refractivity contribution in [1.82, 2.24) is 0 Å². The maximum Gasteiger partial charge on any atom is 0.303 e. The number of carboxylic acid groups (broad SMARTS) is 2. The van der Waals surface area contributed by atoms with Crippen molar-refractivity contribution >= 4 is 11.9 Å². The van der Waals surface area contributed by atoms with E-state index in [4.69, 9.17) is 10.2 Å². The Morgan fingerprint density at radius 1 is 0.571 bits per heavy atom. The zero-order valence-corrected chi connectivity index (χ0v) is 18.3. The van der Waals surface area contributed by atoms with E-state index in [2.05, 4.69) is 38.2 Å². The second-order valence-electron chi connectivity index (χ2n) is 7.23. The minimum atomic E-state index is -0.682. The summed E-state index contributed by atoms with van der Waals surface area (Å²) >= 11 is 0. The summed E-state index contributed by atoms with van der Waals surface area (Å²) in [4.78, 5) is 20.2. The van der Waals surface area contributed by atoms with Crippen molar-refractivity contribution in [3.63, 3.8) is 0 Å². The smallest absolute Gasteiger partial charge is 0.303 e. The minimum absolute atomic E-state index is 0.324. The summed E-state index contributed by atoms with van der Waals surface area (Å²) in [5.41, 5.74) is 0. The van der Waals surface area contributed by atoms with Gasteiger partial charge in [0.25, 0.3) is 0 Å². The van der Waals surface area contributed by atoms with Gasteiger partial charge < -0.3 is 10.2 Å². The van der Waals surface area contributed by atoms with E-state index in [-0.39, 0.29) is 0 Å². The van der Waals surface area contributed by atoms with E-state index in [9.17, 15) is 9.59 Å². The molecule has 0 aromatic heterocycles. The third-order valence-corrected chi connectivity index (χ3v) is 4.34. The van der Waals surface area contributed by atoms with Gasteiger partial charge in [-0.3, -0.25) is 9.59 Å². The van der Waals surface area contributed by atoms with Gasteiger partial charge in [0.15, 0.2) is 0 Å². The van der Waals surface area contributed by atoms with E-state index < -0.39 is 11.9 Å². The average Bonchev–Trinajstić information content (AvgIpc) is 2.65. The summed E-state index contributed by atoms with van der Waals surface area (Å²) < 4.78 is 0. The Morgan fingerprint density at radius 3 is 1.46 bits per heavy atom. The maximum atomic E-state index is 10.3. The molecule has 0 atom stereocenters. The number of allylic oxidation sites excluding steroid dienone is 4. The number of rotatable bonds is 18. The van der Waals surface area contributed by atoms with E-state index in [1.807, 2.05) is 0 Å². The lowest BCUT2D eigenvalue weighted by molar-refractivity contribution is -0.138. The lowest BCUT2D eigenvalue weighted by atomic mass is 10.1. The van der Waals surface area contributed by atoms with Gasteiger partial charge in [0.05, 0.1) is 0 Å². The van der Waals surface area contributed by atoms with E-state index in [0.29, 0.717) is 12.8 Å². The Bertz CT molecular complexity index is 399. The van der Waals surface area contributed by atoms with Crippen LogP contribution in [0.2, 0.25) is 0 Å².